The molecule has 2 amide bonds. The summed E-state index contributed by atoms with van der Waals surface area (Å²) < 4.78 is 5.12. The van der Waals surface area contributed by atoms with Crippen molar-refractivity contribution < 1.29 is 14.3 Å². The van der Waals surface area contributed by atoms with E-state index < -0.39 is 11.8 Å². The number of carbonyl (C=O) groups excluding carboxylic acids is 2. The number of nitrogens with one attached hydrogen (secondary N) is 1. The Morgan fingerprint density at radius 3 is 2.46 bits per heavy atom. The topological polar surface area (TPSA) is 58.6 Å². The highest BCUT2D eigenvalue weighted by atomic mass is 35.5. The maximum atomic E-state index is 12.6. The molecule has 122 valence electrons. The Labute approximate surface area is 148 Å². The number of benzene rings is 2. The first kappa shape index (κ1) is 16.4. The van der Waals surface area contributed by atoms with Gasteiger partial charge in [0, 0.05) is 16.8 Å². The maximum absolute atomic E-state index is 12.6. The van der Waals surface area contributed by atoms with Gasteiger partial charge in [-0.2, -0.15) is 0 Å². The SMILES string of the molecule is COc1cccc(N2C(=O)C(Cl)=C(Nc3cccc(Cl)c3)C2=O)c1. The molecule has 0 saturated heterocycles. The Bertz CT molecular complexity index is 864. The highest BCUT2D eigenvalue weighted by Crippen LogP contribution is 2.32. The third-order valence-corrected chi connectivity index (χ3v) is 4.02. The largest absolute Gasteiger partial charge is 0.497 e. The van der Waals surface area contributed by atoms with Crippen LogP contribution in [-0.4, -0.2) is 18.9 Å². The van der Waals surface area contributed by atoms with E-state index in [2.05, 4.69) is 5.32 Å². The number of rotatable bonds is 4. The number of amides is 2. The van der Waals surface area contributed by atoms with Gasteiger partial charge in [-0.3, -0.25) is 9.59 Å². The summed E-state index contributed by atoms with van der Waals surface area (Å²) in [5.41, 5.74) is 0.946. The Balaban J connectivity index is 1.92. The van der Waals surface area contributed by atoms with E-state index in [-0.39, 0.29) is 10.7 Å². The lowest BCUT2D eigenvalue weighted by Gasteiger charge is -2.16. The first-order valence-corrected chi connectivity index (χ1v) is 7.72. The average Bonchev–Trinajstić information content (AvgIpc) is 2.78. The molecule has 0 radical (unpaired) electrons. The molecule has 7 heteroatoms. The van der Waals surface area contributed by atoms with Crippen LogP contribution in [0.5, 0.6) is 5.75 Å². The molecule has 0 saturated carbocycles. The Morgan fingerprint density at radius 2 is 1.75 bits per heavy atom. The Morgan fingerprint density at radius 1 is 1.00 bits per heavy atom. The molecule has 5 nitrogen and oxygen atoms in total. The number of nitrogens with zero attached hydrogens (tertiary/aromatic N) is 1. The van der Waals surface area contributed by atoms with Gasteiger partial charge in [-0.25, -0.2) is 4.90 Å². The van der Waals surface area contributed by atoms with Gasteiger partial charge in [0.25, 0.3) is 11.8 Å². The second kappa shape index (κ2) is 6.55. The van der Waals surface area contributed by atoms with E-state index in [4.69, 9.17) is 27.9 Å². The third kappa shape index (κ3) is 2.96. The van der Waals surface area contributed by atoms with Crippen molar-refractivity contribution in [2.75, 3.05) is 17.3 Å². The normalized spacial score (nSPS) is 14.4. The van der Waals surface area contributed by atoms with Crippen LogP contribution in [0.3, 0.4) is 0 Å². The summed E-state index contributed by atoms with van der Waals surface area (Å²) in [6.45, 7) is 0. The third-order valence-electron chi connectivity index (χ3n) is 3.43. The van der Waals surface area contributed by atoms with E-state index in [1.807, 2.05) is 0 Å². The van der Waals surface area contributed by atoms with Crippen molar-refractivity contribution in [3.05, 3.63) is 64.3 Å². The summed E-state index contributed by atoms with van der Waals surface area (Å²) in [4.78, 5) is 26.0. The lowest BCUT2D eigenvalue weighted by molar-refractivity contribution is -0.120. The lowest BCUT2D eigenvalue weighted by atomic mass is 10.2. The number of methoxy groups -OCH3 is 1. The van der Waals surface area contributed by atoms with Crippen molar-refractivity contribution in [1.82, 2.24) is 0 Å². The average molecular weight is 363 g/mol. The standard InChI is InChI=1S/C17H12Cl2N2O3/c1-24-13-7-3-6-12(9-13)21-16(22)14(19)15(17(21)23)20-11-5-2-4-10(18)8-11/h2-9,20H,1H3. The van der Waals surface area contributed by atoms with Crippen LogP contribution in [-0.2, 0) is 9.59 Å². The van der Waals surface area contributed by atoms with Crippen molar-refractivity contribution in [3.63, 3.8) is 0 Å². The molecule has 0 aliphatic carbocycles. The zero-order valence-corrected chi connectivity index (χ0v) is 14.1. The first-order chi connectivity index (χ1) is 11.5. The highest BCUT2D eigenvalue weighted by molar-refractivity contribution is 6.53. The molecule has 0 aromatic heterocycles. The summed E-state index contributed by atoms with van der Waals surface area (Å²) in [5, 5.41) is 3.18. The van der Waals surface area contributed by atoms with Gasteiger partial charge in [-0.05, 0) is 30.3 Å². The number of imide groups is 1. The minimum Gasteiger partial charge on any atom is -0.497 e. The fourth-order valence-electron chi connectivity index (χ4n) is 2.31. The monoisotopic (exact) mass is 362 g/mol. The molecule has 0 bridgehead atoms. The van der Waals surface area contributed by atoms with E-state index in [1.165, 1.54) is 7.11 Å². The number of halogens is 2. The molecule has 1 aliphatic rings. The molecule has 0 fully saturated rings. The van der Waals surface area contributed by atoms with Gasteiger partial charge in [0.1, 0.15) is 16.5 Å². The maximum Gasteiger partial charge on any atom is 0.283 e. The van der Waals surface area contributed by atoms with E-state index in [9.17, 15) is 9.59 Å². The van der Waals surface area contributed by atoms with Crippen molar-refractivity contribution in [2.45, 2.75) is 0 Å². The minimum atomic E-state index is -0.598. The smallest absolute Gasteiger partial charge is 0.283 e. The van der Waals surface area contributed by atoms with Gasteiger partial charge >= 0.3 is 0 Å². The molecule has 1 N–H and O–H groups in total. The van der Waals surface area contributed by atoms with Crippen LogP contribution in [0.15, 0.2) is 59.3 Å². The number of hydrogen-bond acceptors (Lipinski definition) is 4. The van der Waals surface area contributed by atoms with Crippen LogP contribution >= 0.6 is 23.2 Å². The van der Waals surface area contributed by atoms with Gasteiger partial charge in [-0.15, -0.1) is 0 Å². The van der Waals surface area contributed by atoms with Crippen molar-refractivity contribution >= 4 is 46.4 Å². The minimum absolute atomic E-state index is 0.00625. The molecule has 0 unspecified atom stereocenters. The molecule has 1 heterocycles. The molecule has 2 aromatic rings. The summed E-state index contributed by atoms with van der Waals surface area (Å²) in [5.74, 6) is -0.613. The van der Waals surface area contributed by atoms with Crippen molar-refractivity contribution in [3.8, 4) is 5.75 Å². The van der Waals surface area contributed by atoms with Crippen molar-refractivity contribution in [1.29, 1.82) is 0 Å². The van der Waals surface area contributed by atoms with Gasteiger partial charge < -0.3 is 10.1 Å². The molecule has 3 rings (SSSR count). The number of anilines is 2. The summed E-state index contributed by atoms with van der Waals surface area (Å²) in [6.07, 6.45) is 0. The van der Waals surface area contributed by atoms with Gasteiger partial charge in [0.05, 0.1) is 12.8 Å². The predicted octanol–water partition coefficient (Wildman–Crippen LogP) is 3.78. The van der Waals surface area contributed by atoms with Gasteiger partial charge in [0.2, 0.25) is 0 Å². The number of carbonyl (C=O) groups is 2. The van der Waals surface area contributed by atoms with Gasteiger partial charge in [0.15, 0.2) is 0 Å². The second-order valence-corrected chi connectivity index (χ2v) is 5.79. The van der Waals surface area contributed by atoms with E-state index in [0.29, 0.717) is 22.1 Å². The zero-order chi connectivity index (χ0) is 17.3. The fraction of sp³-hybridized carbons (Fsp3) is 0.0588. The summed E-state index contributed by atoms with van der Waals surface area (Å²) in [6, 6.07) is 13.4. The van der Waals surface area contributed by atoms with Crippen LogP contribution in [0.1, 0.15) is 0 Å². The number of hydrogen-bond donors (Lipinski definition) is 1. The van der Waals surface area contributed by atoms with Crippen LogP contribution in [0.2, 0.25) is 5.02 Å². The Kier molecular flexibility index (Phi) is 4.46. The van der Waals surface area contributed by atoms with Crippen LogP contribution < -0.4 is 15.0 Å². The molecule has 0 atom stereocenters. The fourth-order valence-corrected chi connectivity index (χ4v) is 2.71. The summed E-state index contributed by atoms with van der Waals surface area (Å²) >= 11 is 12.0. The summed E-state index contributed by atoms with van der Waals surface area (Å²) in [7, 11) is 1.50. The first-order valence-electron chi connectivity index (χ1n) is 6.96. The van der Waals surface area contributed by atoms with Crippen molar-refractivity contribution in [2.24, 2.45) is 0 Å². The van der Waals surface area contributed by atoms with E-state index in [1.54, 1.807) is 48.5 Å². The molecule has 24 heavy (non-hydrogen) atoms. The van der Waals surface area contributed by atoms with Gasteiger partial charge in [-0.1, -0.05) is 35.3 Å². The molecular formula is C17H12Cl2N2O3. The molecule has 0 spiro atoms. The second-order valence-electron chi connectivity index (χ2n) is 4.97. The Hall–Kier alpha value is -2.50. The molecule has 1 aliphatic heterocycles. The van der Waals surface area contributed by atoms with E-state index in [0.717, 1.165) is 4.90 Å². The lowest BCUT2D eigenvalue weighted by Crippen LogP contribution is -2.32. The van der Waals surface area contributed by atoms with Crippen LogP contribution in [0, 0.1) is 0 Å². The predicted molar refractivity (Wildman–Crippen MR) is 93.4 cm³/mol. The molecule has 2 aromatic carbocycles. The van der Waals surface area contributed by atoms with Crippen LogP contribution in [0.25, 0.3) is 0 Å². The van der Waals surface area contributed by atoms with E-state index >= 15 is 0 Å². The van der Waals surface area contributed by atoms with Crippen LogP contribution in [0.4, 0.5) is 11.4 Å². The quantitative estimate of drug-likeness (QED) is 0.840. The zero-order valence-electron chi connectivity index (χ0n) is 12.5. The molecular weight excluding hydrogens is 351 g/mol. The number of ether oxygens (including phenoxy) is 1. The highest BCUT2D eigenvalue weighted by Gasteiger charge is 2.39.